The van der Waals surface area contributed by atoms with Gasteiger partial charge in [-0.15, -0.1) is 0 Å². The van der Waals surface area contributed by atoms with Crippen LogP contribution < -0.4 is 5.32 Å². The van der Waals surface area contributed by atoms with Crippen molar-refractivity contribution in [2.75, 3.05) is 6.61 Å². The van der Waals surface area contributed by atoms with Gasteiger partial charge >= 0.3 is 0 Å². The summed E-state index contributed by atoms with van der Waals surface area (Å²) < 4.78 is 1.92. The number of nitrogens with zero attached hydrogens (tertiary/aromatic N) is 2. The first-order valence-corrected chi connectivity index (χ1v) is 5.92. The van der Waals surface area contributed by atoms with E-state index in [-0.39, 0.29) is 12.1 Å². The van der Waals surface area contributed by atoms with Crippen molar-refractivity contribution in [1.29, 1.82) is 0 Å². The zero-order chi connectivity index (χ0) is 12.0. The van der Waals surface area contributed by atoms with E-state index in [1.807, 2.05) is 16.9 Å². The highest BCUT2D eigenvalue weighted by Gasteiger charge is 2.22. The molecule has 0 aliphatic carbocycles. The number of rotatable bonds is 7. The maximum atomic E-state index is 9.41. The summed E-state index contributed by atoms with van der Waals surface area (Å²) in [6.07, 6.45) is 5.71. The van der Waals surface area contributed by atoms with E-state index >= 15 is 0 Å². The molecular formula is C12H23N3O. The van der Waals surface area contributed by atoms with Crippen molar-refractivity contribution < 1.29 is 5.11 Å². The molecule has 0 aliphatic rings. The lowest BCUT2D eigenvalue weighted by molar-refractivity contribution is 0.153. The van der Waals surface area contributed by atoms with Gasteiger partial charge in [0.15, 0.2) is 0 Å². The van der Waals surface area contributed by atoms with E-state index in [0.717, 1.165) is 19.4 Å². The van der Waals surface area contributed by atoms with Crippen molar-refractivity contribution in [3.8, 4) is 0 Å². The van der Waals surface area contributed by atoms with E-state index in [2.05, 4.69) is 31.2 Å². The molecule has 1 aromatic rings. The SMILES string of the molecule is CC(C)NC(C)(CO)CCCn1cccn1. The van der Waals surface area contributed by atoms with Gasteiger partial charge in [-0.25, -0.2) is 0 Å². The summed E-state index contributed by atoms with van der Waals surface area (Å²) in [4.78, 5) is 0. The summed E-state index contributed by atoms with van der Waals surface area (Å²) >= 11 is 0. The standard InChI is InChI=1S/C12H23N3O/c1-11(2)14-12(3,10-16)6-4-8-15-9-5-7-13-15/h5,7,9,11,14,16H,4,6,8,10H2,1-3H3. The first kappa shape index (κ1) is 13.2. The molecule has 2 N–H and O–H groups in total. The molecule has 0 radical (unpaired) electrons. The Morgan fingerprint density at radius 3 is 2.75 bits per heavy atom. The van der Waals surface area contributed by atoms with Gasteiger partial charge in [0.05, 0.1) is 6.61 Å². The lowest BCUT2D eigenvalue weighted by Gasteiger charge is -2.31. The molecule has 92 valence electrons. The zero-order valence-electron chi connectivity index (χ0n) is 10.5. The van der Waals surface area contributed by atoms with Gasteiger partial charge in [0.25, 0.3) is 0 Å². The average Bonchev–Trinajstić information content (AvgIpc) is 2.69. The topological polar surface area (TPSA) is 50.1 Å². The zero-order valence-corrected chi connectivity index (χ0v) is 10.5. The molecular weight excluding hydrogens is 202 g/mol. The minimum atomic E-state index is -0.179. The molecule has 16 heavy (non-hydrogen) atoms. The highest BCUT2D eigenvalue weighted by Crippen LogP contribution is 2.13. The van der Waals surface area contributed by atoms with Gasteiger partial charge in [-0.2, -0.15) is 5.10 Å². The van der Waals surface area contributed by atoms with Crippen molar-refractivity contribution in [2.45, 2.75) is 51.7 Å². The maximum absolute atomic E-state index is 9.41. The van der Waals surface area contributed by atoms with Crippen LogP contribution in [0.15, 0.2) is 18.5 Å². The number of hydrogen-bond acceptors (Lipinski definition) is 3. The third kappa shape index (κ3) is 4.33. The third-order valence-corrected chi connectivity index (χ3v) is 2.66. The molecule has 0 saturated carbocycles. The van der Waals surface area contributed by atoms with Crippen molar-refractivity contribution in [3.63, 3.8) is 0 Å². The van der Waals surface area contributed by atoms with Gasteiger partial charge in [-0.1, -0.05) is 13.8 Å². The van der Waals surface area contributed by atoms with Crippen molar-refractivity contribution in [1.82, 2.24) is 15.1 Å². The average molecular weight is 225 g/mol. The number of hydrogen-bond donors (Lipinski definition) is 2. The fraction of sp³-hybridized carbons (Fsp3) is 0.750. The van der Waals surface area contributed by atoms with E-state index in [1.165, 1.54) is 0 Å². The molecule has 1 heterocycles. The quantitative estimate of drug-likeness (QED) is 0.737. The van der Waals surface area contributed by atoms with Crippen LogP contribution in [0.1, 0.15) is 33.6 Å². The summed E-state index contributed by atoms with van der Waals surface area (Å²) in [5, 5.41) is 17.0. The van der Waals surface area contributed by atoms with Gasteiger partial charge in [-0.05, 0) is 25.8 Å². The van der Waals surface area contributed by atoms with Gasteiger partial charge in [0.1, 0.15) is 0 Å². The largest absolute Gasteiger partial charge is 0.394 e. The lowest BCUT2D eigenvalue weighted by Crippen LogP contribution is -2.49. The van der Waals surface area contributed by atoms with Crippen LogP contribution in [-0.4, -0.2) is 33.1 Å². The van der Waals surface area contributed by atoms with E-state index < -0.39 is 0 Å². The highest BCUT2D eigenvalue weighted by molar-refractivity contribution is 4.84. The fourth-order valence-corrected chi connectivity index (χ4v) is 1.96. The molecule has 0 aliphatic heterocycles. The molecule has 1 rings (SSSR count). The molecule has 0 fully saturated rings. The minimum Gasteiger partial charge on any atom is -0.394 e. The Bertz CT molecular complexity index is 284. The molecule has 0 bridgehead atoms. The smallest absolute Gasteiger partial charge is 0.0610 e. The van der Waals surface area contributed by atoms with Crippen LogP contribution in [0, 0.1) is 0 Å². The van der Waals surface area contributed by atoms with E-state index in [4.69, 9.17) is 0 Å². The Hall–Kier alpha value is -0.870. The minimum absolute atomic E-state index is 0.171. The van der Waals surface area contributed by atoms with Crippen molar-refractivity contribution in [3.05, 3.63) is 18.5 Å². The van der Waals surface area contributed by atoms with Crippen LogP contribution in [0.3, 0.4) is 0 Å². The number of aliphatic hydroxyl groups excluding tert-OH is 1. The van der Waals surface area contributed by atoms with Gasteiger partial charge in [0.2, 0.25) is 0 Å². The van der Waals surface area contributed by atoms with E-state index in [9.17, 15) is 5.11 Å². The lowest BCUT2D eigenvalue weighted by atomic mass is 9.96. The molecule has 0 aromatic carbocycles. The number of nitrogens with one attached hydrogen (secondary N) is 1. The van der Waals surface area contributed by atoms with Crippen LogP contribution >= 0.6 is 0 Å². The Balaban J connectivity index is 2.33. The summed E-state index contributed by atoms with van der Waals surface area (Å²) in [6, 6.07) is 2.32. The Kier molecular flexibility index (Phi) is 4.96. The van der Waals surface area contributed by atoms with E-state index in [0.29, 0.717) is 6.04 Å². The highest BCUT2D eigenvalue weighted by atomic mass is 16.3. The number of aliphatic hydroxyl groups is 1. The van der Waals surface area contributed by atoms with Crippen molar-refractivity contribution in [2.24, 2.45) is 0 Å². The Morgan fingerprint density at radius 1 is 1.50 bits per heavy atom. The molecule has 1 aromatic heterocycles. The molecule has 1 unspecified atom stereocenters. The summed E-state index contributed by atoms with van der Waals surface area (Å²) in [5.41, 5.74) is -0.179. The van der Waals surface area contributed by atoms with Gasteiger partial charge < -0.3 is 10.4 Å². The monoisotopic (exact) mass is 225 g/mol. The molecule has 0 spiro atoms. The summed E-state index contributed by atoms with van der Waals surface area (Å²) in [5.74, 6) is 0. The Labute approximate surface area is 97.7 Å². The molecule has 1 atom stereocenters. The third-order valence-electron chi connectivity index (χ3n) is 2.66. The van der Waals surface area contributed by atoms with Gasteiger partial charge in [0, 0.05) is 30.5 Å². The second kappa shape index (κ2) is 6.01. The fourth-order valence-electron chi connectivity index (χ4n) is 1.96. The van der Waals surface area contributed by atoms with Crippen LogP contribution in [-0.2, 0) is 6.54 Å². The van der Waals surface area contributed by atoms with Crippen LogP contribution in [0.4, 0.5) is 0 Å². The van der Waals surface area contributed by atoms with Crippen LogP contribution in [0.25, 0.3) is 0 Å². The second-order valence-corrected chi connectivity index (χ2v) is 4.89. The normalized spacial score (nSPS) is 15.3. The Morgan fingerprint density at radius 2 is 2.25 bits per heavy atom. The van der Waals surface area contributed by atoms with Crippen LogP contribution in [0.2, 0.25) is 0 Å². The summed E-state index contributed by atoms with van der Waals surface area (Å²) in [6.45, 7) is 7.34. The van der Waals surface area contributed by atoms with E-state index in [1.54, 1.807) is 6.20 Å². The first-order chi connectivity index (χ1) is 7.56. The van der Waals surface area contributed by atoms with Crippen molar-refractivity contribution >= 4 is 0 Å². The molecule has 0 saturated heterocycles. The van der Waals surface area contributed by atoms with Gasteiger partial charge in [-0.3, -0.25) is 4.68 Å². The maximum Gasteiger partial charge on any atom is 0.0610 e. The number of aromatic nitrogens is 2. The molecule has 0 amide bonds. The molecule has 4 heteroatoms. The second-order valence-electron chi connectivity index (χ2n) is 4.89. The number of aryl methyl sites for hydroxylation is 1. The van der Waals surface area contributed by atoms with Crippen LogP contribution in [0.5, 0.6) is 0 Å². The summed E-state index contributed by atoms with van der Waals surface area (Å²) in [7, 11) is 0. The first-order valence-electron chi connectivity index (χ1n) is 5.92. The predicted octanol–water partition coefficient (Wildman–Crippen LogP) is 1.41. The predicted molar refractivity (Wildman–Crippen MR) is 65.2 cm³/mol. The molecule has 4 nitrogen and oxygen atoms in total.